The minimum Gasteiger partial charge on any atom is -0.197 e. The van der Waals surface area contributed by atoms with E-state index < -0.39 is 0 Å². The number of nitrogens with one attached hydrogen (secondary N) is 1. The Morgan fingerprint density at radius 2 is 1.15 bits per heavy atom. The van der Waals surface area contributed by atoms with E-state index in [4.69, 9.17) is 0 Å². The molecular formula is C24H19N3. The quantitative estimate of drug-likeness (QED) is 0.399. The minimum atomic E-state index is 0.915. The number of hydrogen-bond acceptors (Lipinski definition) is 2. The van der Waals surface area contributed by atoms with Crippen molar-refractivity contribution in [2.75, 3.05) is 0 Å². The first-order valence-electron chi connectivity index (χ1n) is 8.86. The Hall–Kier alpha value is -3.72. The largest absolute Gasteiger partial charge is 0.197 e. The van der Waals surface area contributed by atoms with Crippen molar-refractivity contribution in [3.63, 3.8) is 0 Å². The summed E-state index contributed by atoms with van der Waals surface area (Å²) in [6.45, 7) is 0. The summed E-state index contributed by atoms with van der Waals surface area (Å²) in [7, 11) is 0. The summed E-state index contributed by atoms with van der Waals surface area (Å²) in [5.74, 6) is 0. The van der Waals surface area contributed by atoms with Crippen LogP contribution in [0, 0.1) is 0 Å². The molecule has 3 nitrogen and oxygen atoms in total. The molecule has 0 aliphatic carbocycles. The Bertz CT molecular complexity index is 1120. The van der Waals surface area contributed by atoms with E-state index in [1.807, 2.05) is 54.6 Å². The van der Waals surface area contributed by atoms with E-state index in [1.54, 1.807) is 0 Å². The van der Waals surface area contributed by atoms with Crippen molar-refractivity contribution < 1.29 is 0 Å². The number of fused-ring (bicyclic) bond motifs is 3. The lowest BCUT2D eigenvalue weighted by molar-refractivity contribution is 0.960. The number of nitrogens with zero attached hydrogens (tertiary/aromatic N) is 2. The van der Waals surface area contributed by atoms with Gasteiger partial charge >= 0.3 is 0 Å². The Balaban J connectivity index is 0.000000134. The van der Waals surface area contributed by atoms with E-state index in [9.17, 15) is 0 Å². The van der Waals surface area contributed by atoms with E-state index in [-0.39, 0.29) is 0 Å². The second-order valence-electron chi connectivity index (χ2n) is 6.13. The van der Waals surface area contributed by atoms with Crippen LogP contribution in [0.2, 0.25) is 0 Å². The van der Waals surface area contributed by atoms with Crippen molar-refractivity contribution in [1.29, 1.82) is 0 Å². The van der Waals surface area contributed by atoms with Gasteiger partial charge in [0.2, 0.25) is 0 Å². The van der Waals surface area contributed by atoms with Gasteiger partial charge in [0.15, 0.2) is 0 Å². The lowest BCUT2D eigenvalue weighted by atomic mass is 10.1. The average molecular weight is 349 g/mol. The monoisotopic (exact) mass is 349 g/mol. The predicted octanol–water partition coefficient (Wildman–Crippen LogP) is 5.97. The van der Waals surface area contributed by atoms with Crippen molar-refractivity contribution in [2.45, 2.75) is 0 Å². The Labute approximate surface area is 158 Å². The maximum absolute atomic E-state index is 4.11. The molecule has 0 saturated carbocycles. The molecule has 0 bridgehead atoms. The van der Waals surface area contributed by atoms with E-state index >= 15 is 0 Å². The first-order valence-corrected chi connectivity index (χ1v) is 8.86. The molecule has 1 heterocycles. The lowest BCUT2D eigenvalue weighted by Crippen LogP contribution is -1.74. The molecule has 4 aromatic carbocycles. The molecule has 5 rings (SSSR count). The summed E-state index contributed by atoms with van der Waals surface area (Å²) in [6.07, 6.45) is 4.24. The third kappa shape index (κ3) is 4.10. The summed E-state index contributed by atoms with van der Waals surface area (Å²) in [6, 6.07) is 32.8. The number of aromatic nitrogens is 3. The first-order chi connectivity index (χ1) is 13.4. The zero-order chi connectivity index (χ0) is 18.3. The van der Waals surface area contributed by atoms with Crippen LogP contribution in [-0.2, 0) is 0 Å². The van der Waals surface area contributed by atoms with Gasteiger partial charge in [-0.3, -0.25) is 0 Å². The molecule has 0 unspecified atom stereocenters. The molecule has 0 spiro atoms. The molecule has 0 aliphatic rings. The molecular weight excluding hydrogens is 330 g/mol. The predicted molar refractivity (Wildman–Crippen MR) is 113 cm³/mol. The summed E-state index contributed by atoms with van der Waals surface area (Å²) >= 11 is 0. The lowest BCUT2D eigenvalue weighted by Gasteiger charge is -1.95. The number of hydrogen-bond donors (Lipinski definition) is 1. The third-order valence-electron chi connectivity index (χ3n) is 4.28. The van der Waals surface area contributed by atoms with Crippen LogP contribution in [0.3, 0.4) is 0 Å². The van der Waals surface area contributed by atoms with E-state index in [0.717, 1.165) is 16.4 Å². The summed E-state index contributed by atoms with van der Waals surface area (Å²) in [5.41, 5.74) is 4.32. The standard InChI is InChI=1S/C14H12.C10H7N3/c1-3-7-13(8-4-1)11-12-14-9-5-2-6-10-14;1-2-4-8-7(3-1)5-6-9-10(8)12-13-11-9/h1-12H;1-6H,(H,11,12,13). The SMILES string of the molecule is C(=Cc1ccccc1)c1ccccc1.c1ccc2c(c1)ccc1n[nH]nc12. The molecule has 0 aliphatic heterocycles. The van der Waals surface area contributed by atoms with Gasteiger partial charge in [0, 0.05) is 5.39 Å². The van der Waals surface area contributed by atoms with Crippen LogP contribution in [0.5, 0.6) is 0 Å². The Kier molecular flexibility index (Phi) is 5.02. The summed E-state index contributed by atoms with van der Waals surface area (Å²) in [5, 5.41) is 13.1. The van der Waals surface area contributed by atoms with Crippen LogP contribution < -0.4 is 0 Å². The fourth-order valence-corrected chi connectivity index (χ4v) is 2.90. The molecule has 1 aromatic heterocycles. The zero-order valence-corrected chi connectivity index (χ0v) is 14.8. The van der Waals surface area contributed by atoms with Crippen LogP contribution >= 0.6 is 0 Å². The van der Waals surface area contributed by atoms with Crippen molar-refractivity contribution in [1.82, 2.24) is 15.4 Å². The van der Waals surface area contributed by atoms with Gasteiger partial charge in [0.05, 0.1) is 0 Å². The molecule has 0 atom stereocenters. The van der Waals surface area contributed by atoms with E-state index in [0.29, 0.717) is 0 Å². The van der Waals surface area contributed by atoms with Gasteiger partial charge in [-0.1, -0.05) is 103 Å². The van der Waals surface area contributed by atoms with Gasteiger partial charge in [-0.2, -0.15) is 15.4 Å². The number of benzene rings is 4. The normalized spacial score (nSPS) is 10.8. The fraction of sp³-hybridized carbons (Fsp3) is 0. The van der Waals surface area contributed by atoms with Crippen molar-refractivity contribution in [2.24, 2.45) is 0 Å². The number of rotatable bonds is 2. The van der Waals surface area contributed by atoms with Gasteiger partial charge in [0.1, 0.15) is 11.0 Å². The van der Waals surface area contributed by atoms with Crippen LogP contribution in [0.25, 0.3) is 34.0 Å². The smallest absolute Gasteiger partial charge is 0.120 e. The molecule has 0 fully saturated rings. The zero-order valence-electron chi connectivity index (χ0n) is 14.8. The molecule has 0 radical (unpaired) electrons. The first kappa shape index (κ1) is 16.7. The van der Waals surface area contributed by atoms with Gasteiger partial charge < -0.3 is 0 Å². The van der Waals surface area contributed by atoms with Crippen molar-refractivity contribution in [3.05, 3.63) is 108 Å². The van der Waals surface area contributed by atoms with Gasteiger partial charge in [-0.15, -0.1) is 0 Å². The average Bonchev–Trinajstić information content (AvgIpc) is 3.24. The molecule has 130 valence electrons. The number of H-pyrrole nitrogens is 1. The highest BCUT2D eigenvalue weighted by atomic mass is 15.3. The fourth-order valence-electron chi connectivity index (χ4n) is 2.90. The molecule has 0 amide bonds. The van der Waals surface area contributed by atoms with Crippen LogP contribution in [-0.4, -0.2) is 15.4 Å². The Morgan fingerprint density at radius 1 is 0.556 bits per heavy atom. The molecule has 27 heavy (non-hydrogen) atoms. The topological polar surface area (TPSA) is 41.6 Å². The third-order valence-corrected chi connectivity index (χ3v) is 4.28. The molecule has 0 saturated heterocycles. The molecule has 5 aromatic rings. The van der Waals surface area contributed by atoms with Gasteiger partial charge in [-0.25, -0.2) is 0 Å². The maximum atomic E-state index is 4.11. The molecule has 3 heteroatoms. The van der Waals surface area contributed by atoms with Crippen LogP contribution in [0.15, 0.2) is 97.1 Å². The summed E-state index contributed by atoms with van der Waals surface area (Å²) < 4.78 is 0. The minimum absolute atomic E-state index is 0.915. The highest BCUT2D eigenvalue weighted by Crippen LogP contribution is 2.21. The second kappa shape index (κ2) is 8.11. The van der Waals surface area contributed by atoms with E-state index in [2.05, 4.69) is 70.0 Å². The van der Waals surface area contributed by atoms with E-state index in [1.165, 1.54) is 16.5 Å². The summed E-state index contributed by atoms with van der Waals surface area (Å²) in [4.78, 5) is 0. The second-order valence-corrected chi connectivity index (χ2v) is 6.13. The maximum Gasteiger partial charge on any atom is 0.120 e. The van der Waals surface area contributed by atoms with Crippen molar-refractivity contribution >= 4 is 34.0 Å². The highest BCUT2D eigenvalue weighted by molar-refractivity contribution is 6.03. The van der Waals surface area contributed by atoms with Gasteiger partial charge in [0.25, 0.3) is 0 Å². The van der Waals surface area contributed by atoms with Crippen molar-refractivity contribution in [3.8, 4) is 0 Å². The van der Waals surface area contributed by atoms with Crippen LogP contribution in [0.1, 0.15) is 11.1 Å². The van der Waals surface area contributed by atoms with Crippen LogP contribution in [0.4, 0.5) is 0 Å². The number of aromatic amines is 1. The van der Waals surface area contributed by atoms with Gasteiger partial charge in [-0.05, 0) is 22.6 Å². The highest BCUT2D eigenvalue weighted by Gasteiger charge is 2.01. The molecule has 1 N–H and O–H groups in total. The Morgan fingerprint density at radius 3 is 1.81 bits per heavy atom.